The van der Waals surface area contributed by atoms with Crippen molar-refractivity contribution in [1.29, 1.82) is 0 Å². The lowest BCUT2D eigenvalue weighted by atomic mass is 9.89. The van der Waals surface area contributed by atoms with Crippen molar-refractivity contribution < 1.29 is 4.39 Å². The van der Waals surface area contributed by atoms with E-state index in [1.807, 2.05) is 13.1 Å². The van der Waals surface area contributed by atoms with Crippen LogP contribution in [0.15, 0.2) is 18.2 Å². The zero-order valence-corrected chi connectivity index (χ0v) is 12.3. The molecular weight excluding hydrogens is 261 g/mol. The number of hydrogen-bond donors (Lipinski definition) is 1. The van der Waals surface area contributed by atoms with E-state index in [0.717, 1.165) is 17.9 Å². The fourth-order valence-corrected chi connectivity index (χ4v) is 3.28. The van der Waals surface area contributed by atoms with Crippen LogP contribution in [-0.2, 0) is 0 Å². The summed E-state index contributed by atoms with van der Waals surface area (Å²) in [6.07, 6.45) is 8.95. The van der Waals surface area contributed by atoms with Gasteiger partial charge in [0, 0.05) is 16.6 Å². The molecule has 0 amide bonds. The fourth-order valence-electron chi connectivity index (χ4n) is 3.12. The highest BCUT2D eigenvalue weighted by atomic mass is 35.5. The lowest BCUT2D eigenvalue weighted by Gasteiger charge is -2.23. The lowest BCUT2D eigenvalue weighted by Crippen LogP contribution is -2.21. The molecule has 3 heteroatoms. The van der Waals surface area contributed by atoms with Crippen LogP contribution in [0.4, 0.5) is 4.39 Å². The molecule has 0 spiro atoms. The van der Waals surface area contributed by atoms with Gasteiger partial charge in [0.05, 0.1) is 0 Å². The van der Waals surface area contributed by atoms with Crippen molar-refractivity contribution >= 4 is 11.6 Å². The van der Waals surface area contributed by atoms with Crippen LogP contribution in [0.1, 0.15) is 56.6 Å². The molecule has 0 aliphatic heterocycles. The first-order chi connectivity index (χ1) is 9.20. The summed E-state index contributed by atoms with van der Waals surface area (Å²) in [6, 6.07) is 5.10. The Bertz CT molecular complexity index is 400. The van der Waals surface area contributed by atoms with Gasteiger partial charge in [-0.15, -0.1) is 0 Å². The van der Waals surface area contributed by atoms with Crippen LogP contribution in [-0.4, -0.2) is 7.05 Å². The van der Waals surface area contributed by atoms with Crippen molar-refractivity contribution in [3.8, 4) is 0 Å². The molecule has 1 unspecified atom stereocenters. The minimum atomic E-state index is -0.194. The smallest absolute Gasteiger partial charge is 0.129 e. The van der Waals surface area contributed by atoms with Gasteiger partial charge in [-0.25, -0.2) is 4.39 Å². The SMILES string of the molecule is CNC(CC1CCCCCC1)c1ccc(Cl)cc1F. The molecule has 1 aliphatic rings. The van der Waals surface area contributed by atoms with E-state index in [-0.39, 0.29) is 11.9 Å². The molecule has 0 bridgehead atoms. The Morgan fingerprint density at radius 1 is 1.26 bits per heavy atom. The second-order valence-corrected chi connectivity index (χ2v) is 6.04. The average molecular weight is 284 g/mol. The van der Waals surface area contributed by atoms with Crippen LogP contribution >= 0.6 is 11.6 Å². The van der Waals surface area contributed by atoms with E-state index in [4.69, 9.17) is 11.6 Å². The highest BCUT2D eigenvalue weighted by Crippen LogP contribution is 2.32. The fraction of sp³-hybridized carbons (Fsp3) is 0.625. The maximum Gasteiger partial charge on any atom is 0.129 e. The minimum Gasteiger partial charge on any atom is -0.313 e. The monoisotopic (exact) mass is 283 g/mol. The van der Waals surface area contributed by atoms with E-state index >= 15 is 0 Å². The third kappa shape index (κ3) is 4.19. The Kier molecular flexibility index (Phi) is 5.65. The van der Waals surface area contributed by atoms with E-state index in [0.29, 0.717) is 5.02 Å². The van der Waals surface area contributed by atoms with Crippen LogP contribution in [0.25, 0.3) is 0 Å². The van der Waals surface area contributed by atoms with Gasteiger partial charge in [0.15, 0.2) is 0 Å². The third-order valence-corrected chi connectivity index (χ3v) is 4.47. The second kappa shape index (κ2) is 7.25. The standard InChI is InChI=1S/C16H23ClFN/c1-19-16(10-12-6-4-2-3-5-7-12)14-9-8-13(17)11-15(14)18/h8-9,11-12,16,19H,2-7,10H2,1H3. The predicted octanol–water partition coefficient (Wildman–Crippen LogP) is 5.10. The summed E-state index contributed by atoms with van der Waals surface area (Å²) in [5.41, 5.74) is 0.746. The van der Waals surface area contributed by atoms with Gasteiger partial charge in [-0.3, -0.25) is 0 Å². The first kappa shape index (κ1) is 14.8. The van der Waals surface area contributed by atoms with Gasteiger partial charge in [-0.05, 0) is 31.5 Å². The van der Waals surface area contributed by atoms with Crippen molar-refractivity contribution in [3.63, 3.8) is 0 Å². The summed E-state index contributed by atoms with van der Waals surface area (Å²) in [7, 11) is 1.91. The second-order valence-electron chi connectivity index (χ2n) is 5.60. The van der Waals surface area contributed by atoms with Gasteiger partial charge < -0.3 is 5.32 Å². The molecule has 1 saturated carbocycles. The summed E-state index contributed by atoms with van der Waals surface area (Å²) in [4.78, 5) is 0. The summed E-state index contributed by atoms with van der Waals surface area (Å²) >= 11 is 5.82. The highest BCUT2D eigenvalue weighted by Gasteiger charge is 2.20. The first-order valence-electron chi connectivity index (χ1n) is 7.33. The predicted molar refractivity (Wildman–Crippen MR) is 79.0 cm³/mol. The molecule has 1 aromatic carbocycles. The number of rotatable bonds is 4. The summed E-state index contributed by atoms with van der Waals surface area (Å²) < 4.78 is 14.0. The molecule has 0 saturated heterocycles. The quantitative estimate of drug-likeness (QED) is 0.758. The van der Waals surface area contributed by atoms with Crippen molar-refractivity contribution in [3.05, 3.63) is 34.6 Å². The molecule has 1 nitrogen and oxygen atoms in total. The van der Waals surface area contributed by atoms with Crippen molar-refractivity contribution in [2.75, 3.05) is 7.05 Å². The van der Waals surface area contributed by atoms with Gasteiger partial charge in [0.25, 0.3) is 0 Å². The Morgan fingerprint density at radius 3 is 2.53 bits per heavy atom. The van der Waals surface area contributed by atoms with E-state index in [1.54, 1.807) is 6.07 Å². The van der Waals surface area contributed by atoms with E-state index < -0.39 is 0 Å². The highest BCUT2D eigenvalue weighted by molar-refractivity contribution is 6.30. The molecule has 1 aliphatic carbocycles. The van der Waals surface area contributed by atoms with Crippen molar-refractivity contribution in [1.82, 2.24) is 5.32 Å². The van der Waals surface area contributed by atoms with E-state index in [1.165, 1.54) is 44.6 Å². The van der Waals surface area contributed by atoms with Gasteiger partial charge in [0.2, 0.25) is 0 Å². The Hall–Kier alpha value is -0.600. The summed E-state index contributed by atoms with van der Waals surface area (Å²) in [5.74, 6) is 0.524. The van der Waals surface area contributed by atoms with Crippen molar-refractivity contribution in [2.45, 2.75) is 51.0 Å². The molecule has 106 valence electrons. The maximum absolute atomic E-state index is 14.0. The maximum atomic E-state index is 14.0. The van der Waals surface area contributed by atoms with Crippen LogP contribution in [0, 0.1) is 11.7 Å². The van der Waals surface area contributed by atoms with Crippen LogP contribution in [0.5, 0.6) is 0 Å². The zero-order valence-electron chi connectivity index (χ0n) is 11.6. The van der Waals surface area contributed by atoms with Gasteiger partial charge in [-0.2, -0.15) is 0 Å². The van der Waals surface area contributed by atoms with Crippen LogP contribution in [0.2, 0.25) is 5.02 Å². The Morgan fingerprint density at radius 2 is 1.95 bits per heavy atom. The third-order valence-electron chi connectivity index (χ3n) is 4.23. The van der Waals surface area contributed by atoms with E-state index in [2.05, 4.69) is 5.32 Å². The molecule has 0 radical (unpaired) electrons. The molecule has 1 aromatic rings. The summed E-state index contributed by atoms with van der Waals surface area (Å²) in [5, 5.41) is 3.73. The molecule has 1 N–H and O–H groups in total. The number of nitrogens with one attached hydrogen (secondary N) is 1. The molecule has 19 heavy (non-hydrogen) atoms. The molecule has 0 heterocycles. The molecule has 1 atom stereocenters. The largest absolute Gasteiger partial charge is 0.313 e. The molecular formula is C16H23ClFN. The van der Waals surface area contributed by atoms with Gasteiger partial charge in [-0.1, -0.05) is 56.2 Å². The van der Waals surface area contributed by atoms with Crippen molar-refractivity contribution in [2.24, 2.45) is 5.92 Å². The van der Waals surface area contributed by atoms with E-state index in [9.17, 15) is 4.39 Å². The molecule has 2 rings (SSSR count). The van der Waals surface area contributed by atoms with Gasteiger partial charge in [0.1, 0.15) is 5.82 Å². The first-order valence-corrected chi connectivity index (χ1v) is 7.70. The molecule has 1 fully saturated rings. The minimum absolute atomic E-state index is 0.0976. The number of halogens is 2. The van der Waals surface area contributed by atoms with Crippen LogP contribution in [0.3, 0.4) is 0 Å². The topological polar surface area (TPSA) is 12.0 Å². The number of hydrogen-bond acceptors (Lipinski definition) is 1. The zero-order chi connectivity index (χ0) is 13.7. The number of benzene rings is 1. The Balaban J connectivity index is 2.06. The Labute approximate surface area is 120 Å². The summed E-state index contributed by atoms with van der Waals surface area (Å²) in [6.45, 7) is 0. The molecule has 0 aromatic heterocycles. The average Bonchev–Trinajstić information content (AvgIpc) is 2.65. The normalized spacial score (nSPS) is 19.1. The lowest BCUT2D eigenvalue weighted by molar-refractivity contribution is 0.362. The van der Waals surface area contributed by atoms with Crippen LogP contribution < -0.4 is 5.32 Å². The van der Waals surface area contributed by atoms with Gasteiger partial charge >= 0.3 is 0 Å².